The van der Waals surface area contributed by atoms with Crippen molar-refractivity contribution in [2.45, 2.75) is 32.4 Å². The van der Waals surface area contributed by atoms with Gasteiger partial charge in [-0.3, -0.25) is 4.79 Å². The van der Waals surface area contributed by atoms with Crippen LogP contribution in [0.15, 0.2) is 26.4 Å². The first kappa shape index (κ1) is 13.3. The third kappa shape index (κ3) is 2.74. The van der Waals surface area contributed by atoms with Crippen LogP contribution in [0.3, 0.4) is 0 Å². The summed E-state index contributed by atoms with van der Waals surface area (Å²) in [6.07, 6.45) is 6.50. The molecule has 0 aromatic carbocycles. The molecule has 2 aromatic heterocycles. The molecule has 0 amide bonds. The van der Waals surface area contributed by atoms with E-state index in [1.54, 1.807) is 6.20 Å². The summed E-state index contributed by atoms with van der Waals surface area (Å²) in [4.78, 5) is 16.3. The van der Waals surface area contributed by atoms with Crippen LogP contribution < -0.4 is 10.9 Å². The summed E-state index contributed by atoms with van der Waals surface area (Å²) < 4.78 is 6.81. The minimum Gasteiger partial charge on any atom is -0.372 e. The highest BCUT2D eigenvalue weighted by Gasteiger charge is 2.20. The van der Waals surface area contributed by atoms with Crippen LogP contribution in [-0.4, -0.2) is 19.9 Å². The maximum Gasteiger partial charge on any atom is 0.291 e. The zero-order chi connectivity index (χ0) is 13.9. The largest absolute Gasteiger partial charge is 0.372 e. The van der Waals surface area contributed by atoms with E-state index in [9.17, 15) is 4.79 Å². The lowest BCUT2D eigenvalue weighted by Crippen LogP contribution is -2.30. The number of aromatic nitrogens is 4. The first-order valence-electron chi connectivity index (χ1n) is 6.49. The van der Waals surface area contributed by atoms with Gasteiger partial charge in [0.15, 0.2) is 5.82 Å². The fourth-order valence-electron chi connectivity index (χ4n) is 2.12. The minimum absolute atomic E-state index is 0.130. The fraction of sp³-hybridized carbons (Fsp3) is 0.500. The topological polar surface area (TPSA) is 85.8 Å². The molecule has 20 heavy (non-hydrogen) atoms. The second-order valence-electron chi connectivity index (χ2n) is 4.85. The molecule has 0 aliphatic heterocycles. The van der Waals surface area contributed by atoms with E-state index in [-0.39, 0.29) is 5.56 Å². The Morgan fingerprint density at radius 1 is 1.50 bits per heavy atom. The Bertz CT molecular complexity index is 636. The quantitative estimate of drug-likeness (QED) is 0.893. The molecule has 1 aliphatic carbocycles. The Labute approximate surface area is 123 Å². The normalized spacial score (nSPS) is 15.1. The first-order chi connectivity index (χ1) is 9.74. The molecule has 0 radical (unpaired) electrons. The van der Waals surface area contributed by atoms with Crippen LogP contribution in [-0.2, 0) is 13.1 Å². The van der Waals surface area contributed by atoms with Gasteiger partial charge in [-0.05, 0) is 34.7 Å². The third-order valence-electron chi connectivity index (χ3n) is 3.48. The average molecular weight is 340 g/mol. The lowest BCUT2D eigenvalue weighted by atomic mass is 9.85. The smallest absolute Gasteiger partial charge is 0.291 e. The molecule has 1 N–H and O–H groups in total. The van der Waals surface area contributed by atoms with E-state index in [0.29, 0.717) is 35.0 Å². The van der Waals surface area contributed by atoms with Gasteiger partial charge in [-0.1, -0.05) is 11.6 Å². The van der Waals surface area contributed by atoms with E-state index in [0.717, 1.165) is 0 Å². The van der Waals surface area contributed by atoms with Crippen molar-refractivity contribution in [3.05, 3.63) is 33.2 Å². The molecule has 1 fully saturated rings. The summed E-state index contributed by atoms with van der Waals surface area (Å²) in [6, 6.07) is 0. The van der Waals surface area contributed by atoms with Gasteiger partial charge in [0.2, 0.25) is 6.39 Å². The lowest BCUT2D eigenvalue weighted by Gasteiger charge is -2.25. The Morgan fingerprint density at radius 3 is 3.00 bits per heavy atom. The second-order valence-corrected chi connectivity index (χ2v) is 5.71. The van der Waals surface area contributed by atoms with E-state index in [2.05, 4.69) is 41.0 Å². The molecule has 1 aliphatic rings. The van der Waals surface area contributed by atoms with E-state index in [4.69, 9.17) is 0 Å². The molecule has 0 spiro atoms. The Kier molecular flexibility index (Phi) is 3.81. The summed E-state index contributed by atoms with van der Waals surface area (Å²) in [7, 11) is 0. The lowest BCUT2D eigenvalue weighted by molar-refractivity contribution is 0.262. The van der Waals surface area contributed by atoms with Gasteiger partial charge in [0.05, 0.1) is 17.2 Å². The molecular weight excluding hydrogens is 326 g/mol. The predicted octanol–water partition coefficient (Wildman–Crippen LogP) is 1.80. The monoisotopic (exact) mass is 339 g/mol. The molecule has 7 nitrogen and oxygen atoms in total. The van der Waals surface area contributed by atoms with Gasteiger partial charge >= 0.3 is 0 Å². The number of rotatable bonds is 5. The minimum atomic E-state index is -0.130. The van der Waals surface area contributed by atoms with Crippen LogP contribution in [0.5, 0.6) is 0 Å². The highest BCUT2D eigenvalue weighted by molar-refractivity contribution is 9.10. The second kappa shape index (κ2) is 5.74. The highest BCUT2D eigenvalue weighted by atomic mass is 79.9. The van der Waals surface area contributed by atoms with Crippen molar-refractivity contribution in [3.8, 4) is 0 Å². The molecule has 3 rings (SSSR count). The molecular formula is C12H14BrN5O2. The maximum atomic E-state index is 12.4. The molecule has 2 heterocycles. The Hall–Kier alpha value is -1.70. The van der Waals surface area contributed by atoms with Crippen molar-refractivity contribution in [2.24, 2.45) is 5.92 Å². The molecule has 2 aromatic rings. The molecule has 0 atom stereocenters. The number of hydrogen-bond acceptors (Lipinski definition) is 6. The average Bonchev–Trinajstić information content (AvgIpc) is 2.89. The zero-order valence-electron chi connectivity index (χ0n) is 10.8. The van der Waals surface area contributed by atoms with Crippen LogP contribution in [0.25, 0.3) is 0 Å². The van der Waals surface area contributed by atoms with E-state index in [1.807, 2.05) is 0 Å². The fourth-order valence-corrected chi connectivity index (χ4v) is 2.52. The Morgan fingerprint density at radius 2 is 2.35 bits per heavy atom. The number of halogens is 1. The number of nitrogens with zero attached hydrogens (tertiary/aromatic N) is 4. The van der Waals surface area contributed by atoms with Crippen molar-refractivity contribution in [3.63, 3.8) is 0 Å². The summed E-state index contributed by atoms with van der Waals surface area (Å²) >= 11 is 3.34. The molecule has 0 bridgehead atoms. The molecule has 106 valence electrons. The zero-order valence-corrected chi connectivity index (χ0v) is 12.3. The number of hydrogen-bond donors (Lipinski definition) is 1. The molecule has 1 saturated carbocycles. The summed E-state index contributed by atoms with van der Waals surface area (Å²) in [5.41, 5.74) is 0.346. The van der Waals surface area contributed by atoms with Gasteiger partial charge in [0.25, 0.3) is 5.56 Å². The predicted molar refractivity (Wildman–Crippen MR) is 75.2 cm³/mol. The van der Waals surface area contributed by atoms with Gasteiger partial charge in [0, 0.05) is 6.54 Å². The SMILES string of the molecule is O=c1c(NCc2ncon2)c(Br)cnn1CC1CCC1. The maximum absolute atomic E-state index is 12.4. The summed E-state index contributed by atoms with van der Waals surface area (Å²) in [6.45, 7) is 1.01. The van der Waals surface area contributed by atoms with Crippen molar-refractivity contribution in [2.75, 3.05) is 5.32 Å². The summed E-state index contributed by atoms with van der Waals surface area (Å²) in [5, 5.41) is 10.9. The van der Waals surface area contributed by atoms with E-state index < -0.39 is 0 Å². The van der Waals surface area contributed by atoms with Gasteiger partial charge in [-0.15, -0.1) is 0 Å². The van der Waals surface area contributed by atoms with Crippen molar-refractivity contribution in [1.82, 2.24) is 19.9 Å². The summed E-state index contributed by atoms with van der Waals surface area (Å²) in [5.74, 6) is 1.07. The standard InChI is InChI=1S/C12H14BrN5O2/c13-9-4-16-18(6-8-2-1-3-8)12(19)11(9)14-5-10-15-7-20-17-10/h4,7-8,14H,1-3,5-6H2. The first-order valence-corrected chi connectivity index (χ1v) is 7.28. The molecule has 0 unspecified atom stereocenters. The van der Waals surface area contributed by atoms with Crippen LogP contribution in [0.2, 0.25) is 0 Å². The van der Waals surface area contributed by atoms with E-state index in [1.165, 1.54) is 30.3 Å². The van der Waals surface area contributed by atoms with Crippen LogP contribution in [0.1, 0.15) is 25.1 Å². The van der Waals surface area contributed by atoms with Crippen molar-refractivity contribution >= 4 is 21.6 Å². The van der Waals surface area contributed by atoms with Gasteiger partial charge in [-0.25, -0.2) is 4.68 Å². The van der Waals surface area contributed by atoms with Crippen LogP contribution >= 0.6 is 15.9 Å². The van der Waals surface area contributed by atoms with Crippen LogP contribution in [0, 0.1) is 5.92 Å². The number of anilines is 1. The number of nitrogens with one attached hydrogen (secondary N) is 1. The van der Waals surface area contributed by atoms with Gasteiger partial charge in [0.1, 0.15) is 5.69 Å². The molecule has 0 saturated heterocycles. The highest BCUT2D eigenvalue weighted by Crippen LogP contribution is 2.27. The molecule has 8 heteroatoms. The Balaban J connectivity index is 1.77. The van der Waals surface area contributed by atoms with Crippen LogP contribution in [0.4, 0.5) is 5.69 Å². The van der Waals surface area contributed by atoms with E-state index >= 15 is 0 Å². The van der Waals surface area contributed by atoms with Gasteiger partial charge < -0.3 is 9.84 Å². The van der Waals surface area contributed by atoms with Gasteiger partial charge in [-0.2, -0.15) is 10.1 Å². The third-order valence-corrected chi connectivity index (χ3v) is 4.08. The van der Waals surface area contributed by atoms with Crippen molar-refractivity contribution in [1.29, 1.82) is 0 Å². The van der Waals surface area contributed by atoms with Crippen molar-refractivity contribution < 1.29 is 4.52 Å².